The van der Waals surface area contributed by atoms with Gasteiger partial charge in [-0.3, -0.25) is 0 Å². The Bertz CT molecular complexity index is 449. The van der Waals surface area contributed by atoms with Crippen molar-refractivity contribution in [3.05, 3.63) is 23.8 Å². The van der Waals surface area contributed by atoms with Crippen LogP contribution in [0.2, 0.25) is 0 Å². The van der Waals surface area contributed by atoms with Crippen LogP contribution in [0.3, 0.4) is 0 Å². The molecule has 2 aliphatic heterocycles. The lowest BCUT2D eigenvalue weighted by atomic mass is 10.0. The molecule has 2 aliphatic rings. The van der Waals surface area contributed by atoms with E-state index in [0.29, 0.717) is 12.2 Å². The highest BCUT2D eigenvalue weighted by molar-refractivity contribution is 5.61. The number of fused-ring (bicyclic) bond motifs is 2. The zero-order chi connectivity index (χ0) is 13.4. The van der Waals surface area contributed by atoms with E-state index in [1.807, 2.05) is 19.1 Å². The van der Waals surface area contributed by atoms with Crippen molar-refractivity contribution in [2.45, 2.75) is 38.0 Å². The number of benzene rings is 1. The van der Waals surface area contributed by atoms with Crippen molar-refractivity contribution in [1.82, 2.24) is 0 Å². The van der Waals surface area contributed by atoms with Gasteiger partial charge in [0, 0.05) is 30.4 Å². The van der Waals surface area contributed by atoms with Gasteiger partial charge in [0.2, 0.25) is 0 Å². The summed E-state index contributed by atoms with van der Waals surface area (Å²) < 4.78 is 11.4. The first kappa shape index (κ1) is 12.8. The smallest absolute Gasteiger partial charge is 0.125 e. The van der Waals surface area contributed by atoms with Crippen molar-refractivity contribution < 1.29 is 9.47 Å². The molecule has 0 aromatic heterocycles. The van der Waals surface area contributed by atoms with E-state index < -0.39 is 0 Å². The van der Waals surface area contributed by atoms with E-state index in [9.17, 15) is 0 Å². The Morgan fingerprint density at radius 3 is 2.58 bits per heavy atom. The van der Waals surface area contributed by atoms with Crippen LogP contribution < -0.4 is 15.4 Å². The van der Waals surface area contributed by atoms with Crippen molar-refractivity contribution >= 4 is 5.69 Å². The van der Waals surface area contributed by atoms with Crippen LogP contribution >= 0.6 is 0 Å². The Balaban J connectivity index is 1.95. The molecule has 3 atom stereocenters. The minimum absolute atomic E-state index is 0.0355. The molecule has 104 valence electrons. The molecule has 19 heavy (non-hydrogen) atoms. The molecule has 2 unspecified atom stereocenters. The highest BCUT2D eigenvalue weighted by atomic mass is 16.5. The van der Waals surface area contributed by atoms with Gasteiger partial charge in [0.05, 0.1) is 19.3 Å². The van der Waals surface area contributed by atoms with Gasteiger partial charge in [-0.05, 0) is 31.9 Å². The third-order valence-electron chi connectivity index (χ3n) is 4.10. The third-order valence-corrected chi connectivity index (χ3v) is 4.10. The van der Waals surface area contributed by atoms with E-state index in [4.69, 9.17) is 15.2 Å². The van der Waals surface area contributed by atoms with E-state index in [2.05, 4.69) is 11.0 Å². The van der Waals surface area contributed by atoms with Crippen molar-refractivity contribution in [2.75, 3.05) is 25.1 Å². The maximum absolute atomic E-state index is 6.14. The summed E-state index contributed by atoms with van der Waals surface area (Å²) in [4.78, 5) is 2.41. The van der Waals surface area contributed by atoms with Gasteiger partial charge in [0.25, 0.3) is 0 Å². The lowest BCUT2D eigenvalue weighted by Crippen LogP contribution is -2.43. The topological polar surface area (TPSA) is 47.7 Å². The second kappa shape index (κ2) is 5.02. The summed E-state index contributed by atoms with van der Waals surface area (Å²) >= 11 is 0. The summed E-state index contributed by atoms with van der Waals surface area (Å²) in [5.41, 5.74) is 8.45. The van der Waals surface area contributed by atoms with Gasteiger partial charge in [-0.15, -0.1) is 0 Å². The molecule has 0 amide bonds. The maximum Gasteiger partial charge on any atom is 0.125 e. The van der Waals surface area contributed by atoms with E-state index in [1.165, 1.54) is 18.5 Å². The summed E-state index contributed by atoms with van der Waals surface area (Å²) in [6.07, 6.45) is 3.12. The predicted molar refractivity (Wildman–Crippen MR) is 75.7 cm³/mol. The summed E-state index contributed by atoms with van der Waals surface area (Å²) in [6.45, 7) is 3.93. The summed E-state index contributed by atoms with van der Waals surface area (Å²) in [5, 5.41) is 0. The second-order valence-corrected chi connectivity index (χ2v) is 5.54. The van der Waals surface area contributed by atoms with Crippen LogP contribution in [0, 0.1) is 0 Å². The van der Waals surface area contributed by atoms with Crippen molar-refractivity contribution in [2.24, 2.45) is 5.73 Å². The molecule has 4 nitrogen and oxygen atoms in total. The Morgan fingerprint density at radius 1 is 1.32 bits per heavy atom. The van der Waals surface area contributed by atoms with Gasteiger partial charge in [0.1, 0.15) is 5.75 Å². The number of nitrogens with zero attached hydrogens (tertiary/aromatic N) is 1. The molecule has 1 aromatic carbocycles. The van der Waals surface area contributed by atoms with Crippen LogP contribution in [0.1, 0.15) is 31.4 Å². The average molecular weight is 262 g/mol. The molecule has 2 bridgehead atoms. The van der Waals surface area contributed by atoms with Crippen molar-refractivity contribution in [3.63, 3.8) is 0 Å². The molecule has 4 heteroatoms. The molecule has 2 heterocycles. The fraction of sp³-hybridized carbons (Fsp3) is 0.600. The zero-order valence-corrected chi connectivity index (χ0v) is 11.6. The van der Waals surface area contributed by atoms with Crippen LogP contribution in [-0.4, -0.2) is 32.4 Å². The number of hydrogen-bond donors (Lipinski definition) is 1. The van der Waals surface area contributed by atoms with Gasteiger partial charge in [-0.25, -0.2) is 0 Å². The molecule has 1 aromatic rings. The predicted octanol–water partition coefficient (Wildman–Crippen LogP) is 2.08. The normalized spacial score (nSPS) is 27.4. The Hall–Kier alpha value is -1.26. The first-order valence-electron chi connectivity index (χ1n) is 7.02. The molecular weight excluding hydrogens is 240 g/mol. The van der Waals surface area contributed by atoms with E-state index in [0.717, 1.165) is 24.4 Å². The number of nitrogens with two attached hydrogens (primary N) is 1. The van der Waals surface area contributed by atoms with Crippen LogP contribution in [0.4, 0.5) is 5.69 Å². The number of morpholine rings is 1. The number of anilines is 1. The van der Waals surface area contributed by atoms with Gasteiger partial charge in [0.15, 0.2) is 0 Å². The first-order chi connectivity index (χ1) is 9.19. The van der Waals surface area contributed by atoms with Crippen LogP contribution in [0.5, 0.6) is 5.75 Å². The number of methoxy groups -OCH3 is 1. The molecule has 2 N–H and O–H groups in total. The first-order valence-corrected chi connectivity index (χ1v) is 7.02. The average Bonchev–Trinajstić information content (AvgIpc) is 2.76. The Morgan fingerprint density at radius 2 is 2.00 bits per heavy atom. The quantitative estimate of drug-likeness (QED) is 0.906. The molecule has 0 spiro atoms. The summed E-state index contributed by atoms with van der Waals surface area (Å²) in [6, 6.07) is 6.13. The summed E-state index contributed by atoms with van der Waals surface area (Å²) in [7, 11) is 1.70. The number of rotatable bonds is 3. The standard InChI is InChI=1S/C15H22N2O2/c1-10(16)15-13(4-3-5-14(15)18-2)17-8-11-6-7-12(9-17)19-11/h3-5,10-12H,6-9,16H2,1-2H3/t10-,11?,12?/m0/s1. The Kier molecular flexibility index (Phi) is 3.37. The van der Waals surface area contributed by atoms with Crippen LogP contribution in [-0.2, 0) is 4.74 Å². The van der Waals surface area contributed by atoms with Gasteiger partial charge in [-0.1, -0.05) is 6.07 Å². The molecular formula is C15H22N2O2. The molecule has 0 radical (unpaired) electrons. The van der Waals surface area contributed by atoms with E-state index in [-0.39, 0.29) is 6.04 Å². The lowest BCUT2D eigenvalue weighted by Gasteiger charge is -2.36. The van der Waals surface area contributed by atoms with Crippen molar-refractivity contribution in [1.29, 1.82) is 0 Å². The Labute approximate surface area is 114 Å². The molecule has 3 rings (SSSR count). The van der Waals surface area contributed by atoms with Gasteiger partial charge in [-0.2, -0.15) is 0 Å². The molecule has 2 saturated heterocycles. The second-order valence-electron chi connectivity index (χ2n) is 5.54. The largest absolute Gasteiger partial charge is 0.496 e. The van der Waals surface area contributed by atoms with E-state index in [1.54, 1.807) is 7.11 Å². The SMILES string of the molecule is COc1cccc(N2CC3CCC(C2)O3)c1[C@H](C)N. The number of hydrogen-bond acceptors (Lipinski definition) is 4. The summed E-state index contributed by atoms with van der Waals surface area (Å²) in [5.74, 6) is 0.881. The van der Waals surface area contributed by atoms with Gasteiger partial charge >= 0.3 is 0 Å². The lowest BCUT2D eigenvalue weighted by molar-refractivity contribution is 0.0304. The maximum atomic E-state index is 6.14. The molecule has 0 aliphatic carbocycles. The van der Waals surface area contributed by atoms with Crippen molar-refractivity contribution in [3.8, 4) is 5.75 Å². The van der Waals surface area contributed by atoms with Crippen LogP contribution in [0.15, 0.2) is 18.2 Å². The highest BCUT2D eigenvalue weighted by Gasteiger charge is 2.34. The molecule has 0 saturated carbocycles. The number of ether oxygens (including phenoxy) is 2. The molecule has 2 fully saturated rings. The highest BCUT2D eigenvalue weighted by Crippen LogP contribution is 2.37. The minimum Gasteiger partial charge on any atom is -0.496 e. The third kappa shape index (κ3) is 2.30. The van der Waals surface area contributed by atoms with Crippen LogP contribution in [0.25, 0.3) is 0 Å². The zero-order valence-electron chi connectivity index (χ0n) is 11.6. The fourth-order valence-corrected chi connectivity index (χ4v) is 3.26. The minimum atomic E-state index is -0.0355. The fourth-order valence-electron chi connectivity index (χ4n) is 3.26. The van der Waals surface area contributed by atoms with Gasteiger partial charge < -0.3 is 20.1 Å². The van der Waals surface area contributed by atoms with E-state index >= 15 is 0 Å². The monoisotopic (exact) mass is 262 g/mol.